The summed E-state index contributed by atoms with van der Waals surface area (Å²) in [7, 11) is 0. The van der Waals surface area contributed by atoms with Crippen molar-refractivity contribution in [2.75, 3.05) is 14.7 Å². The van der Waals surface area contributed by atoms with Gasteiger partial charge in [-0.1, -0.05) is 443 Å². The van der Waals surface area contributed by atoms with Crippen molar-refractivity contribution in [1.29, 1.82) is 0 Å². The van der Waals surface area contributed by atoms with E-state index in [2.05, 4.69) is 603 Å². The third kappa shape index (κ3) is 17.9. The van der Waals surface area contributed by atoms with Crippen LogP contribution in [0.25, 0.3) is 205 Å². The summed E-state index contributed by atoms with van der Waals surface area (Å²) < 4.78 is 0. The maximum absolute atomic E-state index is 2.43. The summed E-state index contributed by atoms with van der Waals surface area (Å²) >= 11 is 3.67. The van der Waals surface area contributed by atoms with Gasteiger partial charge >= 0.3 is 0 Å². The van der Waals surface area contributed by atoms with Crippen molar-refractivity contribution in [3.63, 3.8) is 0 Å². The van der Waals surface area contributed by atoms with E-state index in [0.29, 0.717) is 0 Å². The molecule has 0 fully saturated rings. The van der Waals surface area contributed by atoms with Crippen LogP contribution in [0.15, 0.2) is 588 Å². The van der Waals surface area contributed by atoms with E-state index in [-0.39, 0.29) is 0 Å². The van der Waals surface area contributed by atoms with E-state index >= 15 is 0 Å². The molecule has 0 bridgehead atoms. The minimum Gasteiger partial charge on any atom is -0.311 e. The minimum atomic E-state index is 1.11. The van der Waals surface area contributed by atoms with Gasteiger partial charge in [0.1, 0.15) is 0 Å². The molecule has 0 aliphatic rings. The SMILES string of the molecule is c1ccc(-c2ccc(N(c3ccc(-c4ccc(-c5ccccc5)s4)cc3)c3ccc(-c4ccc(-c5ccccc5)s4)cc3)cc2)cc1.c1ccc2c(c1)cc(-c1ccc(N(c3ccc(-c4cc5ccccc5c5ccccc45)cc3)c3cc4ccccc4c4ccccc34)cc1)c1ccccc12.c1ccc2cc(-c3ccc(N(c4ccc(-c5ccc6ccccc6c5)cc4)c4cc5ccccc5c5ccccc45)cc3)ccc2c1. The fourth-order valence-electron chi connectivity index (χ4n) is 21.7. The van der Waals surface area contributed by atoms with Crippen molar-refractivity contribution in [3.8, 4) is 97.4 Å². The summed E-state index contributed by atoms with van der Waals surface area (Å²) in [4.78, 5) is 12.3. The molecule has 0 spiro atoms. The van der Waals surface area contributed by atoms with Crippen molar-refractivity contribution in [3.05, 3.63) is 588 Å². The van der Waals surface area contributed by atoms with Gasteiger partial charge in [-0.3, -0.25) is 0 Å². The molecule has 0 saturated carbocycles. The van der Waals surface area contributed by atoms with Crippen LogP contribution in [0.2, 0.25) is 0 Å². The normalized spacial score (nSPS) is 11.4. The Hall–Kier alpha value is -18.9. The standard InChI is InChI=1S/C54H35N.C46H31N.C44H31NS2/c1-4-16-43-38(13-1)33-52(49-22-9-7-19-46(43)49)36-25-29-41(30-26-36)55(54-35-40-15-3-6-18-45(40)48-21-11-12-24-51(48)54)42-31-27-37(28-32-42)53-34-39-14-2-5-17-44(39)47-20-8-10-23-50(47)53;1-3-11-36-29-38(19-17-32(36)9-1)34-21-25-41(26-22-34)47(46-31-40-13-5-6-14-43(40)44-15-7-8-16-45(44)46)42-27-23-35(24-28-42)39-20-18-33-10-2-4-12-37(33)30-39;1-4-10-32(11-5-1)33-16-22-38(23-17-33)45(39-24-18-36(19-25-39)43-30-28-41(46-43)34-12-6-2-7-13-34)40-26-20-37(21-27-40)44-31-29-42(47-44)35-14-8-3-9-15-35/h1-35H;2*1-31H. The number of thiophene rings is 2. The van der Waals surface area contributed by atoms with Crippen LogP contribution in [0, 0.1) is 0 Å². The molecule has 28 aromatic rings. The molecule has 5 heteroatoms. The number of rotatable bonds is 18. The van der Waals surface area contributed by atoms with Gasteiger partial charge in [0.15, 0.2) is 0 Å². The van der Waals surface area contributed by atoms with Crippen molar-refractivity contribution in [2.24, 2.45) is 0 Å². The summed E-state index contributed by atoms with van der Waals surface area (Å²) in [5.74, 6) is 0. The Kier molecular flexibility index (Phi) is 24.2. The van der Waals surface area contributed by atoms with Crippen LogP contribution in [-0.2, 0) is 0 Å². The highest BCUT2D eigenvalue weighted by atomic mass is 32.1. The van der Waals surface area contributed by atoms with Gasteiger partial charge in [-0.05, 0) is 320 Å². The van der Waals surface area contributed by atoms with E-state index in [4.69, 9.17) is 0 Å². The summed E-state index contributed by atoms with van der Waals surface area (Å²) in [5, 5.41) is 25.1. The van der Waals surface area contributed by atoms with Gasteiger partial charge in [-0.15, -0.1) is 22.7 Å². The molecule has 0 aliphatic carbocycles. The summed E-state index contributed by atoms with van der Waals surface area (Å²) in [6.07, 6.45) is 0. The van der Waals surface area contributed by atoms with Gasteiger partial charge < -0.3 is 14.7 Å². The number of nitrogens with zero attached hydrogens (tertiary/aromatic N) is 3. The van der Waals surface area contributed by atoms with Gasteiger partial charge in [-0.2, -0.15) is 0 Å². The lowest BCUT2D eigenvalue weighted by Crippen LogP contribution is -2.10. The first-order chi connectivity index (χ1) is 73.8. The average Bonchev–Trinajstić information content (AvgIpc) is 1.07. The minimum absolute atomic E-state index is 1.11. The highest BCUT2D eigenvalue weighted by molar-refractivity contribution is 7.19. The Labute approximate surface area is 875 Å². The number of hydrogen-bond acceptors (Lipinski definition) is 5. The topological polar surface area (TPSA) is 9.72 Å². The predicted molar refractivity (Wildman–Crippen MR) is 643 cm³/mol. The van der Waals surface area contributed by atoms with E-state index in [1.54, 1.807) is 0 Å². The second-order valence-electron chi connectivity index (χ2n) is 38.1. The maximum atomic E-state index is 2.43. The highest BCUT2D eigenvalue weighted by Crippen LogP contribution is 2.50. The number of fused-ring (bicyclic) bond motifs is 14. The van der Waals surface area contributed by atoms with Gasteiger partial charge in [0.05, 0.1) is 11.4 Å². The molecule has 2 heterocycles. The lowest BCUT2D eigenvalue weighted by molar-refractivity contribution is 1.28. The van der Waals surface area contributed by atoms with Crippen LogP contribution in [0.5, 0.6) is 0 Å². The van der Waals surface area contributed by atoms with Crippen molar-refractivity contribution in [2.45, 2.75) is 0 Å². The third-order valence-electron chi connectivity index (χ3n) is 29.2. The Morgan fingerprint density at radius 2 is 0.309 bits per heavy atom. The molecular weight excluding hydrogens is 1840 g/mol. The molecule has 700 valence electrons. The van der Waals surface area contributed by atoms with E-state index in [1.165, 1.54) is 205 Å². The molecule has 0 saturated heterocycles. The molecule has 3 nitrogen and oxygen atoms in total. The van der Waals surface area contributed by atoms with Gasteiger partial charge in [0.25, 0.3) is 0 Å². The van der Waals surface area contributed by atoms with Gasteiger partial charge in [-0.25, -0.2) is 0 Å². The van der Waals surface area contributed by atoms with Crippen LogP contribution in [0.3, 0.4) is 0 Å². The molecule has 0 aliphatic heterocycles. The first-order valence-corrected chi connectivity index (χ1v) is 52.6. The highest BCUT2D eigenvalue weighted by Gasteiger charge is 2.24. The monoisotopic (exact) mass is 1930 g/mol. The number of benzene rings is 26. The number of anilines is 9. The summed E-state index contributed by atoms with van der Waals surface area (Å²) in [5.41, 5.74) is 27.3. The van der Waals surface area contributed by atoms with Gasteiger partial charge in [0, 0.05) is 70.1 Å². The second kappa shape index (κ2) is 40.0. The molecule has 0 unspecified atom stereocenters. The second-order valence-corrected chi connectivity index (χ2v) is 40.3. The van der Waals surface area contributed by atoms with Crippen LogP contribution in [-0.4, -0.2) is 0 Å². The first kappa shape index (κ1) is 90.2. The molecule has 2 aromatic heterocycles. The zero-order chi connectivity index (χ0) is 98.9. The van der Waals surface area contributed by atoms with Gasteiger partial charge in [0.2, 0.25) is 0 Å². The molecule has 0 N–H and O–H groups in total. The maximum Gasteiger partial charge on any atom is 0.0546 e. The zero-order valence-electron chi connectivity index (χ0n) is 81.7. The third-order valence-corrected chi connectivity index (χ3v) is 31.5. The van der Waals surface area contributed by atoms with E-state index < -0.39 is 0 Å². The van der Waals surface area contributed by atoms with Crippen molar-refractivity contribution < 1.29 is 0 Å². The Morgan fingerprint density at radius 3 is 0.624 bits per heavy atom. The van der Waals surface area contributed by atoms with Crippen LogP contribution >= 0.6 is 22.7 Å². The van der Waals surface area contributed by atoms with Crippen LogP contribution < -0.4 is 14.7 Å². The largest absolute Gasteiger partial charge is 0.311 e. The first-order valence-electron chi connectivity index (χ1n) is 50.9. The average molecular weight is 1930 g/mol. The van der Waals surface area contributed by atoms with Crippen LogP contribution in [0.1, 0.15) is 0 Å². The molecule has 28 rings (SSSR count). The zero-order valence-corrected chi connectivity index (χ0v) is 83.3. The smallest absolute Gasteiger partial charge is 0.0546 e. The van der Waals surface area contributed by atoms with Crippen LogP contribution in [0.4, 0.5) is 51.2 Å². The van der Waals surface area contributed by atoms with Crippen molar-refractivity contribution >= 4 is 182 Å². The molecule has 0 atom stereocenters. The van der Waals surface area contributed by atoms with E-state index in [9.17, 15) is 0 Å². The number of hydrogen-bond donors (Lipinski definition) is 0. The molecule has 0 radical (unpaired) electrons. The predicted octanol–water partition coefficient (Wildman–Crippen LogP) is 42.1. The lowest BCUT2D eigenvalue weighted by atomic mass is 9.93. The summed E-state index contributed by atoms with van der Waals surface area (Å²) in [6, 6.07) is 214. The Bertz CT molecular complexity index is 9390. The van der Waals surface area contributed by atoms with E-state index in [0.717, 1.165) is 51.2 Å². The quantitative estimate of drug-likeness (QED) is 0.0793. The Balaban J connectivity index is 0.000000113. The fraction of sp³-hybridized carbons (Fsp3) is 0. The lowest BCUT2D eigenvalue weighted by Gasteiger charge is -2.28. The molecule has 26 aromatic carbocycles. The molecule has 0 amide bonds. The fourth-order valence-corrected chi connectivity index (χ4v) is 23.8. The van der Waals surface area contributed by atoms with Crippen molar-refractivity contribution in [1.82, 2.24) is 0 Å². The molecular formula is C144H97N3S2. The molecule has 149 heavy (non-hydrogen) atoms. The van der Waals surface area contributed by atoms with E-state index in [1.807, 2.05) is 22.7 Å². The Morgan fingerprint density at radius 1 is 0.107 bits per heavy atom. The summed E-state index contributed by atoms with van der Waals surface area (Å²) in [6.45, 7) is 0.